The first kappa shape index (κ1) is 15.4. The Morgan fingerprint density at radius 3 is 2.82 bits per heavy atom. The largest absolute Gasteiger partial charge is 0.378 e. The van der Waals surface area contributed by atoms with Crippen LogP contribution >= 0.6 is 11.3 Å². The molecule has 1 aromatic heterocycles. The molecule has 1 aromatic rings. The van der Waals surface area contributed by atoms with Crippen LogP contribution in [-0.4, -0.2) is 71.5 Å². The maximum Gasteiger partial charge on any atom is 0.245 e. The lowest BCUT2D eigenvalue weighted by Crippen LogP contribution is -2.54. The first-order valence-corrected chi connectivity index (χ1v) is 8.41. The van der Waals surface area contributed by atoms with E-state index in [4.69, 9.17) is 10.5 Å². The van der Waals surface area contributed by atoms with E-state index >= 15 is 0 Å². The molecular formula is C14H20N4O3S. The average molecular weight is 324 g/mol. The summed E-state index contributed by atoms with van der Waals surface area (Å²) in [4.78, 5) is 32.8. The van der Waals surface area contributed by atoms with Crippen molar-refractivity contribution < 1.29 is 14.3 Å². The maximum absolute atomic E-state index is 12.9. The van der Waals surface area contributed by atoms with Gasteiger partial charge in [0.2, 0.25) is 11.8 Å². The zero-order valence-electron chi connectivity index (χ0n) is 12.3. The fourth-order valence-electron chi connectivity index (χ4n) is 2.90. The number of aromatic nitrogens is 1. The molecule has 0 aromatic carbocycles. The second-order valence-electron chi connectivity index (χ2n) is 5.56. The van der Waals surface area contributed by atoms with Crippen molar-refractivity contribution >= 4 is 23.2 Å². The number of rotatable bonds is 4. The Morgan fingerprint density at radius 1 is 1.45 bits per heavy atom. The summed E-state index contributed by atoms with van der Waals surface area (Å²) in [5, 5.41) is 1.92. The van der Waals surface area contributed by atoms with Crippen LogP contribution in [0.1, 0.15) is 12.1 Å². The van der Waals surface area contributed by atoms with E-state index in [1.807, 2.05) is 5.38 Å². The second-order valence-corrected chi connectivity index (χ2v) is 6.28. The summed E-state index contributed by atoms with van der Waals surface area (Å²) in [7, 11) is 0. The number of likely N-dealkylation sites (tertiary alicyclic amines) is 1. The lowest BCUT2D eigenvalue weighted by atomic mass is 10.1. The molecule has 0 spiro atoms. The van der Waals surface area contributed by atoms with E-state index in [-0.39, 0.29) is 11.8 Å². The van der Waals surface area contributed by atoms with E-state index in [9.17, 15) is 9.59 Å². The molecule has 2 N–H and O–H groups in total. The monoisotopic (exact) mass is 324 g/mol. The van der Waals surface area contributed by atoms with Gasteiger partial charge in [-0.2, -0.15) is 0 Å². The van der Waals surface area contributed by atoms with Gasteiger partial charge in [0.15, 0.2) is 0 Å². The van der Waals surface area contributed by atoms with Crippen molar-refractivity contribution in [2.45, 2.75) is 24.9 Å². The van der Waals surface area contributed by atoms with Crippen LogP contribution in [0, 0.1) is 0 Å². The summed E-state index contributed by atoms with van der Waals surface area (Å²) in [6, 6.07) is -1.00. The molecule has 0 unspecified atom stereocenters. The first-order valence-electron chi connectivity index (χ1n) is 7.46. The summed E-state index contributed by atoms with van der Waals surface area (Å²) in [6.45, 7) is 2.76. The van der Waals surface area contributed by atoms with Crippen molar-refractivity contribution in [3.63, 3.8) is 0 Å². The van der Waals surface area contributed by atoms with Gasteiger partial charge in [-0.25, -0.2) is 4.98 Å². The van der Waals surface area contributed by atoms with Gasteiger partial charge in [-0.3, -0.25) is 9.59 Å². The van der Waals surface area contributed by atoms with Crippen LogP contribution in [0.4, 0.5) is 0 Å². The highest BCUT2D eigenvalue weighted by molar-refractivity contribution is 7.07. The van der Waals surface area contributed by atoms with Crippen LogP contribution in [0.3, 0.4) is 0 Å². The molecule has 2 fully saturated rings. The molecule has 22 heavy (non-hydrogen) atoms. The molecule has 120 valence electrons. The molecule has 7 nitrogen and oxygen atoms in total. The molecule has 0 radical (unpaired) electrons. The Labute approximate surface area is 133 Å². The SMILES string of the molecule is N[C@H]1CCN([C@@H](Cc2cscn2)C(=O)N2CCOCC2)C1=O. The number of nitrogens with two attached hydrogens (primary N) is 1. The Bertz CT molecular complexity index is 530. The molecule has 2 amide bonds. The predicted molar refractivity (Wildman–Crippen MR) is 81.3 cm³/mol. The molecule has 2 aliphatic rings. The highest BCUT2D eigenvalue weighted by Crippen LogP contribution is 2.19. The van der Waals surface area contributed by atoms with Gasteiger partial charge in [0.25, 0.3) is 0 Å². The third-order valence-corrected chi connectivity index (χ3v) is 4.79. The fraction of sp³-hybridized carbons (Fsp3) is 0.643. The van der Waals surface area contributed by atoms with Crippen LogP contribution in [0.25, 0.3) is 0 Å². The van der Waals surface area contributed by atoms with Crippen LogP contribution in [0.2, 0.25) is 0 Å². The number of ether oxygens (including phenoxy) is 1. The van der Waals surface area contributed by atoms with Crippen molar-refractivity contribution in [3.05, 3.63) is 16.6 Å². The second kappa shape index (κ2) is 6.72. The Balaban J connectivity index is 1.78. The minimum atomic E-state index is -0.513. The van der Waals surface area contributed by atoms with Crippen molar-refractivity contribution in [2.75, 3.05) is 32.8 Å². The van der Waals surface area contributed by atoms with Gasteiger partial charge in [-0.15, -0.1) is 11.3 Å². The Morgan fingerprint density at radius 2 is 2.23 bits per heavy atom. The lowest BCUT2D eigenvalue weighted by Gasteiger charge is -2.34. The number of thiazole rings is 1. The molecule has 8 heteroatoms. The third-order valence-electron chi connectivity index (χ3n) is 4.15. The Kier molecular flexibility index (Phi) is 4.70. The van der Waals surface area contributed by atoms with Crippen LogP contribution < -0.4 is 5.73 Å². The topological polar surface area (TPSA) is 88.8 Å². The third kappa shape index (κ3) is 3.13. The molecule has 3 heterocycles. The van der Waals surface area contributed by atoms with Crippen LogP contribution in [0.5, 0.6) is 0 Å². The summed E-state index contributed by atoms with van der Waals surface area (Å²) in [5.41, 5.74) is 8.39. The van der Waals surface area contributed by atoms with E-state index in [1.165, 1.54) is 11.3 Å². The molecule has 2 aliphatic heterocycles. The van der Waals surface area contributed by atoms with Gasteiger partial charge >= 0.3 is 0 Å². The summed E-state index contributed by atoms with van der Waals surface area (Å²) in [6.07, 6.45) is 1.04. The minimum absolute atomic E-state index is 0.0289. The maximum atomic E-state index is 12.9. The van der Waals surface area contributed by atoms with E-state index in [1.54, 1.807) is 15.3 Å². The highest BCUT2D eigenvalue weighted by Gasteiger charge is 2.39. The molecule has 2 atom stereocenters. The standard InChI is InChI=1S/C14H20N4O3S/c15-11-1-2-18(13(11)19)12(7-10-8-22-9-16-10)14(20)17-3-5-21-6-4-17/h8-9,11-12H,1-7,15H2/t11-,12-/m0/s1. The number of carbonyl (C=O) groups is 2. The number of nitrogens with zero attached hydrogens (tertiary/aromatic N) is 3. The number of morpholine rings is 1. The van der Waals surface area contributed by atoms with E-state index in [0.29, 0.717) is 45.7 Å². The average Bonchev–Trinajstić information content (AvgIpc) is 3.17. The zero-order valence-corrected chi connectivity index (χ0v) is 13.1. The van der Waals surface area contributed by atoms with E-state index in [0.717, 1.165) is 5.69 Å². The normalized spacial score (nSPS) is 23.9. The summed E-state index contributed by atoms with van der Waals surface area (Å²) < 4.78 is 5.29. The minimum Gasteiger partial charge on any atom is -0.378 e. The van der Waals surface area contributed by atoms with E-state index in [2.05, 4.69) is 4.98 Å². The predicted octanol–water partition coefficient (Wildman–Crippen LogP) is -0.527. The smallest absolute Gasteiger partial charge is 0.245 e. The number of hydrogen-bond acceptors (Lipinski definition) is 6. The molecule has 0 aliphatic carbocycles. The quantitative estimate of drug-likeness (QED) is 0.804. The molecule has 2 saturated heterocycles. The summed E-state index contributed by atoms with van der Waals surface area (Å²) in [5.74, 6) is -0.166. The van der Waals surface area contributed by atoms with Gasteiger partial charge in [-0.05, 0) is 6.42 Å². The molecular weight excluding hydrogens is 304 g/mol. The summed E-state index contributed by atoms with van der Waals surface area (Å²) >= 11 is 1.49. The fourth-order valence-corrected chi connectivity index (χ4v) is 3.47. The van der Waals surface area contributed by atoms with Crippen LogP contribution in [0.15, 0.2) is 10.9 Å². The van der Waals surface area contributed by atoms with Crippen molar-refractivity contribution in [2.24, 2.45) is 5.73 Å². The van der Waals surface area contributed by atoms with Gasteiger partial charge in [0.1, 0.15) is 6.04 Å². The number of hydrogen-bond donors (Lipinski definition) is 1. The highest BCUT2D eigenvalue weighted by atomic mass is 32.1. The van der Waals surface area contributed by atoms with E-state index < -0.39 is 12.1 Å². The van der Waals surface area contributed by atoms with Crippen molar-refractivity contribution in [1.82, 2.24) is 14.8 Å². The Hall–Kier alpha value is -1.51. The number of carbonyl (C=O) groups excluding carboxylic acids is 2. The van der Waals surface area contributed by atoms with Crippen molar-refractivity contribution in [1.29, 1.82) is 0 Å². The first-order chi connectivity index (χ1) is 10.7. The van der Waals surface area contributed by atoms with Crippen molar-refractivity contribution in [3.8, 4) is 0 Å². The molecule has 0 bridgehead atoms. The van der Waals surface area contributed by atoms with Gasteiger partial charge in [0, 0.05) is 31.4 Å². The molecule has 3 rings (SSSR count). The molecule has 0 saturated carbocycles. The van der Waals surface area contributed by atoms with Gasteiger partial charge < -0.3 is 20.3 Å². The lowest BCUT2D eigenvalue weighted by molar-refractivity contribution is -0.146. The van der Waals surface area contributed by atoms with Gasteiger partial charge in [-0.1, -0.05) is 0 Å². The zero-order chi connectivity index (χ0) is 15.5. The number of amides is 2. The van der Waals surface area contributed by atoms with Gasteiger partial charge in [0.05, 0.1) is 30.5 Å². The van der Waals surface area contributed by atoms with Crippen LogP contribution in [-0.2, 0) is 20.7 Å².